The predicted octanol–water partition coefficient (Wildman–Crippen LogP) is 2.46. The van der Waals surface area contributed by atoms with Gasteiger partial charge in [0.15, 0.2) is 0 Å². The minimum Gasteiger partial charge on any atom is -0.353 e. The molecule has 0 radical (unpaired) electrons. The van der Waals surface area contributed by atoms with Crippen LogP contribution in [0.2, 0.25) is 0 Å². The van der Waals surface area contributed by atoms with Crippen LogP contribution in [-0.2, 0) is 4.79 Å². The van der Waals surface area contributed by atoms with Crippen LogP contribution < -0.4 is 5.32 Å². The number of rotatable bonds is 2. The zero-order valence-corrected chi connectivity index (χ0v) is 9.93. The van der Waals surface area contributed by atoms with Gasteiger partial charge < -0.3 is 5.32 Å². The van der Waals surface area contributed by atoms with E-state index in [4.69, 9.17) is 0 Å². The third kappa shape index (κ3) is 3.67. The van der Waals surface area contributed by atoms with Crippen molar-refractivity contribution < 1.29 is 4.79 Å². The van der Waals surface area contributed by atoms with E-state index in [0.717, 1.165) is 12.8 Å². The van der Waals surface area contributed by atoms with Crippen LogP contribution in [0, 0.1) is 5.92 Å². The van der Waals surface area contributed by atoms with Crippen LogP contribution in [0.1, 0.15) is 39.5 Å². The molecule has 0 aromatic heterocycles. The first kappa shape index (κ1) is 11.0. The van der Waals surface area contributed by atoms with E-state index in [1.54, 1.807) is 0 Å². The molecule has 0 saturated heterocycles. The van der Waals surface area contributed by atoms with Crippen molar-refractivity contribution in [2.45, 2.75) is 50.4 Å². The Bertz CT molecular complexity index is 174. The molecule has 0 heterocycles. The molecule has 0 aliphatic heterocycles. The molecule has 1 rings (SSSR count). The fourth-order valence-electron chi connectivity index (χ4n) is 1.56. The number of hydrogen-bond acceptors (Lipinski definition) is 1. The fourth-order valence-corrected chi connectivity index (χ4v) is 2.09. The van der Waals surface area contributed by atoms with Crippen molar-refractivity contribution in [3.63, 3.8) is 0 Å². The van der Waals surface area contributed by atoms with E-state index in [2.05, 4.69) is 21.2 Å². The van der Waals surface area contributed by atoms with Crippen molar-refractivity contribution in [3.8, 4) is 0 Å². The molecule has 1 saturated carbocycles. The Hall–Kier alpha value is -0.0500. The lowest BCUT2D eigenvalue weighted by atomic mass is 9.95. The molecule has 0 bridgehead atoms. The molecule has 0 atom stereocenters. The number of hydrogen-bond donors (Lipinski definition) is 1. The lowest BCUT2D eigenvalue weighted by molar-refractivity contribution is -0.124. The molecule has 13 heavy (non-hydrogen) atoms. The smallest absolute Gasteiger partial charge is 0.222 e. The Morgan fingerprint density at radius 3 is 2.31 bits per heavy atom. The van der Waals surface area contributed by atoms with E-state index in [0.29, 0.717) is 10.9 Å². The third-order valence-corrected chi connectivity index (χ3v) is 3.44. The Balaban J connectivity index is 2.26. The number of nitrogens with one attached hydrogen (secondary N) is 1. The fraction of sp³-hybridized carbons (Fsp3) is 0.900. The van der Waals surface area contributed by atoms with Gasteiger partial charge in [-0.2, -0.15) is 0 Å². The number of carbonyl (C=O) groups is 1. The standard InChI is InChI=1S/C10H18BrNO/c1-7(2)10(13)12-9-5-3-8(11)4-6-9/h7-9H,3-6H2,1-2H3,(H,12,13). The van der Waals surface area contributed by atoms with Crippen molar-refractivity contribution in [2.75, 3.05) is 0 Å². The number of halogens is 1. The van der Waals surface area contributed by atoms with Crippen molar-refractivity contribution in [3.05, 3.63) is 0 Å². The summed E-state index contributed by atoms with van der Waals surface area (Å²) in [6.45, 7) is 3.87. The second-order valence-corrected chi connectivity index (χ2v) is 5.41. The van der Waals surface area contributed by atoms with Gasteiger partial charge in [0, 0.05) is 16.8 Å². The maximum Gasteiger partial charge on any atom is 0.222 e. The second kappa shape index (κ2) is 4.99. The monoisotopic (exact) mass is 247 g/mol. The van der Waals surface area contributed by atoms with E-state index in [1.165, 1.54) is 12.8 Å². The quantitative estimate of drug-likeness (QED) is 0.747. The maximum absolute atomic E-state index is 11.4. The Morgan fingerprint density at radius 1 is 1.31 bits per heavy atom. The van der Waals surface area contributed by atoms with E-state index in [9.17, 15) is 4.79 Å². The molecule has 76 valence electrons. The molecular weight excluding hydrogens is 230 g/mol. The normalized spacial score (nSPS) is 28.9. The van der Waals surface area contributed by atoms with Gasteiger partial charge in [0.05, 0.1) is 0 Å². The largest absolute Gasteiger partial charge is 0.353 e. The van der Waals surface area contributed by atoms with Gasteiger partial charge in [-0.3, -0.25) is 4.79 Å². The lowest BCUT2D eigenvalue weighted by Gasteiger charge is -2.26. The average molecular weight is 248 g/mol. The summed E-state index contributed by atoms with van der Waals surface area (Å²) in [6.07, 6.45) is 4.61. The number of alkyl halides is 1. The highest BCUT2D eigenvalue weighted by Gasteiger charge is 2.21. The van der Waals surface area contributed by atoms with E-state index in [1.807, 2.05) is 13.8 Å². The Morgan fingerprint density at radius 2 is 1.85 bits per heavy atom. The van der Waals surface area contributed by atoms with Gasteiger partial charge in [0.1, 0.15) is 0 Å². The summed E-state index contributed by atoms with van der Waals surface area (Å²) < 4.78 is 0. The molecule has 1 aliphatic rings. The van der Waals surface area contributed by atoms with Gasteiger partial charge in [-0.05, 0) is 25.7 Å². The molecular formula is C10H18BrNO. The van der Waals surface area contributed by atoms with Crippen LogP contribution >= 0.6 is 15.9 Å². The van der Waals surface area contributed by atoms with Crippen molar-refractivity contribution >= 4 is 21.8 Å². The molecule has 0 aromatic carbocycles. The minimum atomic E-state index is 0.113. The second-order valence-electron chi connectivity index (χ2n) is 4.11. The number of amides is 1. The van der Waals surface area contributed by atoms with Gasteiger partial charge in [0.2, 0.25) is 5.91 Å². The summed E-state index contributed by atoms with van der Waals surface area (Å²) in [5.74, 6) is 0.305. The Labute approximate surface area is 88.6 Å². The zero-order valence-electron chi connectivity index (χ0n) is 8.35. The topological polar surface area (TPSA) is 29.1 Å². The summed E-state index contributed by atoms with van der Waals surface area (Å²) in [5, 5.41) is 3.08. The molecule has 2 nitrogen and oxygen atoms in total. The van der Waals surface area contributed by atoms with Crippen molar-refractivity contribution in [1.82, 2.24) is 5.32 Å². The first-order valence-corrected chi connectivity index (χ1v) is 5.95. The first-order chi connectivity index (χ1) is 6.09. The van der Waals surface area contributed by atoms with Crippen molar-refractivity contribution in [2.24, 2.45) is 5.92 Å². The van der Waals surface area contributed by atoms with Gasteiger partial charge in [-0.15, -0.1) is 0 Å². The molecule has 0 spiro atoms. The average Bonchev–Trinajstić information content (AvgIpc) is 2.08. The van der Waals surface area contributed by atoms with Crippen LogP contribution in [0.15, 0.2) is 0 Å². The molecule has 3 heteroatoms. The maximum atomic E-state index is 11.4. The SMILES string of the molecule is CC(C)C(=O)NC1CCC(Br)CC1. The molecule has 1 aliphatic carbocycles. The van der Waals surface area contributed by atoms with Gasteiger partial charge in [-0.1, -0.05) is 29.8 Å². The predicted molar refractivity (Wildman–Crippen MR) is 58.0 cm³/mol. The van der Waals surface area contributed by atoms with Gasteiger partial charge >= 0.3 is 0 Å². The van der Waals surface area contributed by atoms with Crippen LogP contribution in [-0.4, -0.2) is 16.8 Å². The van der Waals surface area contributed by atoms with Gasteiger partial charge in [-0.25, -0.2) is 0 Å². The summed E-state index contributed by atoms with van der Waals surface area (Å²) in [5.41, 5.74) is 0. The molecule has 1 N–H and O–H groups in total. The van der Waals surface area contributed by atoms with Crippen LogP contribution in [0.5, 0.6) is 0 Å². The minimum absolute atomic E-state index is 0.113. The highest BCUT2D eigenvalue weighted by atomic mass is 79.9. The summed E-state index contributed by atoms with van der Waals surface area (Å²) in [4.78, 5) is 12.0. The summed E-state index contributed by atoms with van der Waals surface area (Å²) in [7, 11) is 0. The molecule has 1 fully saturated rings. The highest BCUT2D eigenvalue weighted by Crippen LogP contribution is 2.24. The van der Waals surface area contributed by atoms with E-state index >= 15 is 0 Å². The third-order valence-electron chi connectivity index (χ3n) is 2.53. The summed E-state index contributed by atoms with van der Waals surface area (Å²) >= 11 is 3.60. The molecule has 0 aromatic rings. The lowest BCUT2D eigenvalue weighted by Crippen LogP contribution is -2.39. The van der Waals surface area contributed by atoms with Gasteiger partial charge in [0.25, 0.3) is 0 Å². The van der Waals surface area contributed by atoms with E-state index < -0.39 is 0 Å². The highest BCUT2D eigenvalue weighted by molar-refractivity contribution is 9.09. The molecule has 1 amide bonds. The van der Waals surface area contributed by atoms with Crippen molar-refractivity contribution in [1.29, 1.82) is 0 Å². The summed E-state index contributed by atoms with van der Waals surface area (Å²) in [6, 6.07) is 0.420. The number of carbonyl (C=O) groups excluding carboxylic acids is 1. The van der Waals surface area contributed by atoms with Crippen LogP contribution in [0.3, 0.4) is 0 Å². The van der Waals surface area contributed by atoms with E-state index in [-0.39, 0.29) is 11.8 Å². The zero-order chi connectivity index (χ0) is 9.84. The Kier molecular flexibility index (Phi) is 4.23. The van der Waals surface area contributed by atoms with Crippen LogP contribution in [0.25, 0.3) is 0 Å². The molecule has 0 unspecified atom stereocenters. The van der Waals surface area contributed by atoms with Crippen LogP contribution in [0.4, 0.5) is 0 Å². The first-order valence-electron chi connectivity index (χ1n) is 5.04.